The first-order valence-corrected chi connectivity index (χ1v) is 3.25. The average molecular weight is 150 g/mol. The van der Waals surface area contributed by atoms with E-state index in [0.717, 1.165) is 4.31 Å². The van der Waals surface area contributed by atoms with E-state index in [1.54, 1.807) is 0 Å². The van der Waals surface area contributed by atoms with Gasteiger partial charge in [0.15, 0.2) is 0 Å². The molecule has 3 unspecified atom stereocenters. The van der Waals surface area contributed by atoms with Crippen molar-refractivity contribution >= 4 is 17.2 Å². The van der Waals surface area contributed by atoms with Crippen molar-refractivity contribution in [3.05, 3.63) is 0 Å². The number of carboxylic acid groups (broad SMARTS) is 1. The van der Waals surface area contributed by atoms with Crippen LogP contribution in [0.1, 0.15) is 0 Å². The van der Waals surface area contributed by atoms with Gasteiger partial charge in [-0.05, 0) is 0 Å². The van der Waals surface area contributed by atoms with Crippen LogP contribution >= 0.6 is 0 Å². The molecule has 0 amide bonds. The molecular formula is C3H4NO4S-. The summed E-state index contributed by atoms with van der Waals surface area (Å²) >= 11 is -2.35. The second kappa shape index (κ2) is 2.05. The first-order valence-electron chi connectivity index (χ1n) is 2.21. The van der Waals surface area contributed by atoms with E-state index in [1.807, 2.05) is 0 Å². The summed E-state index contributed by atoms with van der Waals surface area (Å²) in [6, 6.07) is -0.802. The number of rotatable bonds is 2. The molecule has 0 spiro atoms. The van der Waals surface area contributed by atoms with Crippen molar-refractivity contribution in [1.29, 1.82) is 0 Å². The fourth-order valence-electron chi connectivity index (χ4n) is 0.489. The summed E-state index contributed by atoms with van der Waals surface area (Å²) in [5.41, 5.74) is 0. The van der Waals surface area contributed by atoms with Gasteiger partial charge in [0.1, 0.15) is 6.04 Å². The standard InChI is InChI=1S/C3H5NO4S/c5-3(6)2-1-4(2)9(7)8/h2H,1H2,(H,5,6)(H,7,8)/p-1. The number of carboxylic acids is 1. The maximum absolute atomic E-state index is 9.96. The minimum absolute atomic E-state index is 0.117. The highest BCUT2D eigenvalue weighted by Crippen LogP contribution is 2.17. The van der Waals surface area contributed by atoms with Crippen molar-refractivity contribution in [3.8, 4) is 0 Å². The predicted molar refractivity (Wildman–Crippen MR) is 27.0 cm³/mol. The van der Waals surface area contributed by atoms with Gasteiger partial charge in [0.05, 0.1) is 0 Å². The Kier molecular flexibility index (Phi) is 1.52. The predicted octanol–water partition coefficient (Wildman–Crippen LogP) is -1.45. The summed E-state index contributed by atoms with van der Waals surface area (Å²) in [4.78, 5) is 9.96. The molecule has 1 fully saturated rings. The van der Waals surface area contributed by atoms with E-state index in [1.165, 1.54) is 0 Å². The highest BCUT2D eigenvalue weighted by atomic mass is 32.2. The lowest BCUT2D eigenvalue weighted by Gasteiger charge is -2.02. The van der Waals surface area contributed by atoms with E-state index < -0.39 is 23.3 Å². The lowest BCUT2D eigenvalue weighted by atomic mass is 10.5. The van der Waals surface area contributed by atoms with E-state index in [-0.39, 0.29) is 6.54 Å². The molecule has 0 aromatic heterocycles. The molecule has 9 heavy (non-hydrogen) atoms. The Hall–Kier alpha value is -0.460. The quantitative estimate of drug-likeness (QED) is 0.385. The van der Waals surface area contributed by atoms with Crippen LogP contribution in [-0.2, 0) is 16.1 Å². The van der Waals surface area contributed by atoms with Crippen LogP contribution in [0, 0.1) is 0 Å². The molecule has 1 aliphatic rings. The zero-order chi connectivity index (χ0) is 7.02. The first-order chi connectivity index (χ1) is 4.13. The average Bonchev–Trinajstić information content (AvgIpc) is 2.39. The van der Waals surface area contributed by atoms with Crippen molar-refractivity contribution in [2.24, 2.45) is 0 Å². The lowest BCUT2D eigenvalue weighted by Crippen LogP contribution is -2.13. The van der Waals surface area contributed by atoms with Crippen molar-refractivity contribution in [2.45, 2.75) is 6.04 Å². The highest BCUT2D eigenvalue weighted by molar-refractivity contribution is 7.77. The second-order valence-electron chi connectivity index (χ2n) is 1.67. The molecular weight excluding hydrogens is 146 g/mol. The van der Waals surface area contributed by atoms with Crippen LogP contribution < -0.4 is 0 Å². The van der Waals surface area contributed by atoms with Gasteiger partial charge in [0.2, 0.25) is 0 Å². The third-order valence-electron chi connectivity index (χ3n) is 1.04. The second-order valence-corrected chi connectivity index (χ2v) is 2.57. The Bertz CT molecular complexity index is 151. The topological polar surface area (TPSA) is 80.4 Å². The third kappa shape index (κ3) is 1.26. The molecule has 1 rings (SSSR count). The summed E-state index contributed by atoms with van der Waals surface area (Å²) in [5, 5.41) is 8.16. The van der Waals surface area contributed by atoms with Crippen molar-refractivity contribution in [3.63, 3.8) is 0 Å². The number of carbonyl (C=O) groups is 1. The van der Waals surface area contributed by atoms with Crippen LogP contribution in [0.2, 0.25) is 0 Å². The fraction of sp³-hybridized carbons (Fsp3) is 0.667. The maximum Gasteiger partial charge on any atom is 0.323 e. The fourth-order valence-corrected chi connectivity index (χ4v) is 1.05. The van der Waals surface area contributed by atoms with Crippen molar-refractivity contribution < 1.29 is 18.7 Å². The summed E-state index contributed by atoms with van der Waals surface area (Å²) < 4.78 is 20.7. The number of nitrogens with zero attached hydrogens (tertiary/aromatic N) is 1. The Morgan fingerprint density at radius 3 is 2.56 bits per heavy atom. The normalized spacial score (nSPS) is 35.7. The van der Waals surface area contributed by atoms with E-state index in [9.17, 15) is 13.6 Å². The summed E-state index contributed by atoms with van der Waals surface area (Å²) in [5.74, 6) is -1.08. The van der Waals surface area contributed by atoms with Gasteiger partial charge in [-0.15, -0.1) is 0 Å². The first kappa shape index (κ1) is 6.66. The summed E-state index contributed by atoms with van der Waals surface area (Å²) in [6.07, 6.45) is 0. The van der Waals surface area contributed by atoms with Crippen LogP contribution in [0.25, 0.3) is 0 Å². The maximum atomic E-state index is 9.96. The van der Waals surface area contributed by atoms with Gasteiger partial charge in [0, 0.05) is 17.8 Å². The van der Waals surface area contributed by atoms with E-state index in [0.29, 0.717) is 0 Å². The minimum Gasteiger partial charge on any atom is -0.760 e. The molecule has 5 nitrogen and oxygen atoms in total. The smallest absolute Gasteiger partial charge is 0.323 e. The molecule has 3 atom stereocenters. The Balaban J connectivity index is 2.42. The van der Waals surface area contributed by atoms with Crippen LogP contribution in [0.4, 0.5) is 0 Å². The summed E-state index contributed by atoms with van der Waals surface area (Å²) in [7, 11) is 0. The zero-order valence-electron chi connectivity index (χ0n) is 4.31. The Labute approximate surface area is 53.7 Å². The lowest BCUT2D eigenvalue weighted by molar-refractivity contribution is -0.136. The van der Waals surface area contributed by atoms with Crippen molar-refractivity contribution in [2.75, 3.05) is 6.54 Å². The molecule has 52 valence electrons. The van der Waals surface area contributed by atoms with Gasteiger partial charge in [-0.3, -0.25) is 9.00 Å². The molecule has 0 radical (unpaired) electrons. The molecule has 0 aromatic rings. The van der Waals surface area contributed by atoms with Crippen LogP contribution in [0.3, 0.4) is 0 Å². The monoisotopic (exact) mass is 150 g/mol. The SMILES string of the molecule is O=C(O)C1CN1S(=O)[O-]. The van der Waals surface area contributed by atoms with Crippen LogP contribution in [-0.4, -0.2) is 36.7 Å². The van der Waals surface area contributed by atoms with Gasteiger partial charge in [-0.25, -0.2) is 4.31 Å². The van der Waals surface area contributed by atoms with Gasteiger partial charge < -0.3 is 9.66 Å². The third-order valence-corrected chi connectivity index (χ3v) is 1.83. The largest absolute Gasteiger partial charge is 0.760 e. The molecule has 0 saturated carbocycles. The molecule has 1 saturated heterocycles. The molecule has 0 aromatic carbocycles. The number of hydrogen-bond acceptors (Lipinski definition) is 3. The van der Waals surface area contributed by atoms with E-state index in [4.69, 9.17) is 5.11 Å². The Morgan fingerprint density at radius 1 is 1.89 bits per heavy atom. The highest BCUT2D eigenvalue weighted by Gasteiger charge is 2.41. The molecule has 6 heteroatoms. The number of hydrogen-bond donors (Lipinski definition) is 1. The number of aliphatic carboxylic acids is 1. The van der Waals surface area contributed by atoms with Crippen LogP contribution in [0.15, 0.2) is 0 Å². The van der Waals surface area contributed by atoms with Gasteiger partial charge in [-0.1, -0.05) is 0 Å². The molecule has 1 N–H and O–H groups in total. The van der Waals surface area contributed by atoms with Gasteiger partial charge >= 0.3 is 5.97 Å². The molecule has 0 aliphatic carbocycles. The van der Waals surface area contributed by atoms with Crippen molar-refractivity contribution in [1.82, 2.24) is 4.31 Å². The minimum atomic E-state index is -2.35. The summed E-state index contributed by atoms with van der Waals surface area (Å²) in [6.45, 7) is 0.117. The molecule has 0 bridgehead atoms. The van der Waals surface area contributed by atoms with Gasteiger partial charge in [0.25, 0.3) is 0 Å². The Morgan fingerprint density at radius 2 is 2.44 bits per heavy atom. The van der Waals surface area contributed by atoms with Crippen LogP contribution in [0.5, 0.6) is 0 Å². The zero-order valence-corrected chi connectivity index (χ0v) is 5.13. The molecule has 1 heterocycles. The van der Waals surface area contributed by atoms with Gasteiger partial charge in [-0.2, -0.15) is 0 Å². The van der Waals surface area contributed by atoms with E-state index in [2.05, 4.69) is 0 Å². The molecule has 1 aliphatic heterocycles. The van der Waals surface area contributed by atoms with E-state index >= 15 is 0 Å².